The second-order valence-corrected chi connectivity index (χ2v) is 9.99. The first-order valence-electron chi connectivity index (χ1n) is 9.94. The van der Waals surface area contributed by atoms with Gasteiger partial charge in [-0.25, -0.2) is 27.0 Å². The van der Waals surface area contributed by atoms with Crippen LogP contribution in [0.2, 0.25) is 0 Å². The Labute approximate surface area is 193 Å². The van der Waals surface area contributed by atoms with Crippen molar-refractivity contribution in [2.45, 2.75) is 23.9 Å². The van der Waals surface area contributed by atoms with Crippen LogP contribution in [0.5, 0.6) is 0 Å². The molecule has 0 saturated carbocycles. The summed E-state index contributed by atoms with van der Waals surface area (Å²) >= 11 is 0.962. The van der Waals surface area contributed by atoms with Crippen LogP contribution in [0.4, 0.5) is 25.1 Å². The van der Waals surface area contributed by atoms with Crippen molar-refractivity contribution >= 4 is 39.0 Å². The molecule has 1 atom stereocenters. The number of rotatable bonds is 7. The minimum absolute atomic E-state index is 0.0765. The first-order chi connectivity index (χ1) is 15.8. The van der Waals surface area contributed by atoms with Gasteiger partial charge in [-0.15, -0.1) is 15.6 Å². The van der Waals surface area contributed by atoms with Gasteiger partial charge in [-0.1, -0.05) is 30.3 Å². The second-order valence-electron chi connectivity index (χ2n) is 7.51. The van der Waals surface area contributed by atoms with Gasteiger partial charge in [0.05, 0.1) is 11.2 Å². The Morgan fingerprint density at radius 3 is 2.67 bits per heavy atom. The van der Waals surface area contributed by atoms with Gasteiger partial charge in [0.15, 0.2) is 5.82 Å². The summed E-state index contributed by atoms with van der Waals surface area (Å²) in [4.78, 5) is 16.3. The maximum absolute atomic E-state index is 14.8. The molecule has 1 fully saturated rings. The van der Waals surface area contributed by atoms with Gasteiger partial charge in [-0.3, -0.25) is 4.90 Å². The van der Waals surface area contributed by atoms with Crippen molar-refractivity contribution < 1.29 is 27.1 Å². The van der Waals surface area contributed by atoms with Crippen LogP contribution in [0.1, 0.15) is 12.0 Å². The smallest absolute Gasteiger partial charge is 0.427 e. The zero-order valence-corrected chi connectivity index (χ0v) is 18.8. The Kier molecular flexibility index (Phi) is 6.58. The van der Waals surface area contributed by atoms with Crippen molar-refractivity contribution in [2.24, 2.45) is 0 Å². The van der Waals surface area contributed by atoms with Crippen molar-refractivity contribution in [3.05, 3.63) is 70.6 Å². The van der Waals surface area contributed by atoms with E-state index in [0.717, 1.165) is 36.1 Å². The molecule has 0 aliphatic carbocycles. The zero-order chi connectivity index (χ0) is 23.6. The minimum Gasteiger partial charge on any atom is -0.464 e. The average molecular weight is 495 g/mol. The van der Waals surface area contributed by atoms with Crippen LogP contribution in [0, 0.1) is 11.6 Å². The summed E-state index contributed by atoms with van der Waals surface area (Å²) in [5, 5.41) is 13.5. The largest absolute Gasteiger partial charge is 0.464 e. The molecule has 2 N–H and O–H groups in total. The molecule has 2 heterocycles. The lowest BCUT2D eigenvalue weighted by Crippen LogP contribution is -2.36. The Morgan fingerprint density at radius 2 is 2.00 bits per heavy atom. The SMILES string of the molecule is O=C(O)N(c1cscn1)S(=O)(=O)c1cc(F)c(N[C@H]2CCN(Cc3ccccc3)C2)cc1F. The molecule has 1 amide bonds. The quantitative estimate of drug-likeness (QED) is 0.512. The maximum Gasteiger partial charge on any atom is 0.427 e. The third kappa shape index (κ3) is 4.97. The number of halogens is 2. The highest BCUT2D eigenvalue weighted by atomic mass is 32.2. The lowest BCUT2D eigenvalue weighted by Gasteiger charge is -2.20. The first kappa shape index (κ1) is 23.1. The highest BCUT2D eigenvalue weighted by Crippen LogP contribution is 2.30. The monoisotopic (exact) mass is 494 g/mol. The maximum atomic E-state index is 14.8. The van der Waals surface area contributed by atoms with Gasteiger partial charge in [0.2, 0.25) is 0 Å². The predicted octanol–water partition coefficient (Wildman–Crippen LogP) is 3.98. The van der Waals surface area contributed by atoms with Crippen molar-refractivity contribution in [1.82, 2.24) is 9.88 Å². The summed E-state index contributed by atoms with van der Waals surface area (Å²) in [7, 11) is -4.94. The number of amides is 1. The number of hydrogen-bond acceptors (Lipinski definition) is 7. The van der Waals surface area contributed by atoms with Gasteiger partial charge in [0.25, 0.3) is 10.0 Å². The predicted molar refractivity (Wildman–Crippen MR) is 120 cm³/mol. The molecule has 0 radical (unpaired) electrons. The van der Waals surface area contributed by atoms with Crippen molar-refractivity contribution in [1.29, 1.82) is 0 Å². The van der Waals surface area contributed by atoms with E-state index in [1.54, 1.807) is 0 Å². The lowest BCUT2D eigenvalue weighted by atomic mass is 10.2. The summed E-state index contributed by atoms with van der Waals surface area (Å²) < 4.78 is 55.1. The van der Waals surface area contributed by atoms with E-state index in [1.165, 1.54) is 10.9 Å². The molecule has 174 valence electrons. The van der Waals surface area contributed by atoms with Crippen LogP contribution in [-0.2, 0) is 16.6 Å². The van der Waals surface area contributed by atoms with Gasteiger partial charge in [-0.05, 0) is 18.1 Å². The number of thiazole rings is 1. The zero-order valence-electron chi connectivity index (χ0n) is 17.2. The summed E-state index contributed by atoms with van der Waals surface area (Å²) in [6.45, 7) is 2.10. The first-order valence-corrected chi connectivity index (χ1v) is 12.3. The van der Waals surface area contributed by atoms with Crippen LogP contribution < -0.4 is 9.62 Å². The van der Waals surface area contributed by atoms with Crippen LogP contribution in [0.3, 0.4) is 0 Å². The molecule has 1 aliphatic rings. The summed E-state index contributed by atoms with van der Waals surface area (Å²) in [6.07, 6.45) is -1.18. The lowest BCUT2D eigenvalue weighted by molar-refractivity contribution is 0.206. The normalized spacial score (nSPS) is 16.6. The van der Waals surface area contributed by atoms with E-state index in [2.05, 4.69) is 15.2 Å². The highest BCUT2D eigenvalue weighted by Gasteiger charge is 2.35. The molecule has 0 spiro atoms. The summed E-state index contributed by atoms with van der Waals surface area (Å²) in [5.41, 5.74) is 2.19. The molecule has 1 aromatic heterocycles. The number of carboxylic acid groups (broad SMARTS) is 1. The fraction of sp³-hybridized carbons (Fsp3) is 0.238. The van der Waals surface area contributed by atoms with Crippen molar-refractivity contribution in [3.8, 4) is 0 Å². The number of nitrogens with zero attached hydrogens (tertiary/aromatic N) is 3. The number of hydrogen-bond donors (Lipinski definition) is 2. The molecular weight excluding hydrogens is 474 g/mol. The number of sulfonamides is 1. The van der Waals surface area contributed by atoms with Crippen LogP contribution >= 0.6 is 11.3 Å². The Morgan fingerprint density at radius 1 is 1.24 bits per heavy atom. The van der Waals surface area contributed by atoms with E-state index in [1.807, 2.05) is 30.3 Å². The fourth-order valence-corrected chi connectivity index (χ4v) is 5.61. The van der Waals surface area contributed by atoms with Gasteiger partial charge >= 0.3 is 6.09 Å². The molecule has 1 saturated heterocycles. The third-order valence-corrected chi connectivity index (χ3v) is 7.49. The average Bonchev–Trinajstić information content (AvgIpc) is 3.43. The molecule has 8 nitrogen and oxygen atoms in total. The van der Waals surface area contributed by atoms with Crippen LogP contribution in [0.25, 0.3) is 0 Å². The van der Waals surface area contributed by atoms with Gasteiger partial charge in [-0.2, -0.15) is 0 Å². The Balaban J connectivity index is 1.51. The molecule has 3 aromatic rings. The van der Waals surface area contributed by atoms with Gasteiger partial charge < -0.3 is 10.4 Å². The number of benzene rings is 2. The number of anilines is 2. The van der Waals surface area contributed by atoms with E-state index in [0.29, 0.717) is 19.0 Å². The van der Waals surface area contributed by atoms with E-state index in [-0.39, 0.29) is 16.0 Å². The van der Waals surface area contributed by atoms with E-state index >= 15 is 0 Å². The van der Waals surface area contributed by atoms with E-state index in [9.17, 15) is 27.1 Å². The number of nitrogens with one attached hydrogen (secondary N) is 1. The van der Waals surface area contributed by atoms with Gasteiger partial charge in [0.1, 0.15) is 16.5 Å². The van der Waals surface area contributed by atoms with E-state index < -0.39 is 38.5 Å². The number of aromatic nitrogens is 1. The highest BCUT2D eigenvalue weighted by molar-refractivity contribution is 7.93. The molecule has 4 rings (SSSR count). The minimum atomic E-state index is -4.94. The van der Waals surface area contributed by atoms with E-state index in [4.69, 9.17) is 0 Å². The van der Waals surface area contributed by atoms with Crippen LogP contribution in [0.15, 0.2) is 58.3 Å². The topological polar surface area (TPSA) is 103 Å². The fourth-order valence-electron chi connectivity index (χ4n) is 3.72. The van der Waals surface area contributed by atoms with Crippen molar-refractivity contribution in [3.63, 3.8) is 0 Å². The molecule has 2 aromatic carbocycles. The molecule has 1 aliphatic heterocycles. The standard InChI is InChI=1S/C21H20F2N4O4S2/c22-16-9-19(33(30,31)27(21(28)29)20-12-32-13-24-20)17(23)8-18(16)25-15-6-7-26(11-15)10-14-4-2-1-3-5-14/h1-5,8-9,12-13,15,25H,6-7,10-11H2,(H,28,29)/t15-/m0/s1. The third-order valence-electron chi connectivity index (χ3n) is 5.22. The summed E-state index contributed by atoms with van der Waals surface area (Å²) in [6, 6.07) is 10.9. The van der Waals surface area contributed by atoms with Crippen LogP contribution in [-0.4, -0.2) is 48.6 Å². The van der Waals surface area contributed by atoms with Crippen molar-refractivity contribution in [2.75, 3.05) is 22.7 Å². The van der Waals surface area contributed by atoms with Gasteiger partial charge in [0, 0.05) is 37.1 Å². The number of carbonyl (C=O) groups is 1. The number of likely N-dealkylation sites (tertiary alicyclic amines) is 1. The Bertz CT molecular complexity index is 1240. The molecule has 33 heavy (non-hydrogen) atoms. The Hall–Kier alpha value is -3.09. The molecule has 12 heteroatoms. The summed E-state index contributed by atoms with van der Waals surface area (Å²) in [5.74, 6) is -2.68. The molecule has 0 bridgehead atoms. The molecule has 0 unspecified atom stereocenters. The second kappa shape index (κ2) is 9.41. The molecular formula is C21H20F2N4O4S2.